The Bertz CT molecular complexity index is 1010. The number of nitrogens with zero attached hydrogens (tertiary/aromatic N) is 2. The molecule has 0 saturated carbocycles. The predicted molar refractivity (Wildman–Crippen MR) is 110 cm³/mol. The maximum absolute atomic E-state index is 13.5. The van der Waals surface area contributed by atoms with Gasteiger partial charge in [-0.3, -0.25) is 0 Å². The highest BCUT2D eigenvalue weighted by Gasteiger charge is 2.51. The van der Waals surface area contributed by atoms with Crippen molar-refractivity contribution in [1.82, 2.24) is 4.90 Å². The van der Waals surface area contributed by atoms with Crippen molar-refractivity contribution in [2.45, 2.75) is 5.41 Å². The molecule has 5 rings (SSSR count). The number of halogens is 2. The highest BCUT2D eigenvalue weighted by molar-refractivity contribution is 8.13. The first kappa shape index (κ1) is 17.9. The molecular weight excluding hydrogens is 399 g/mol. The highest BCUT2D eigenvalue weighted by Crippen LogP contribution is 2.50. The smallest absolute Gasteiger partial charge is 0.231 e. The van der Waals surface area contributed by atoms with E-state index in [0.29, 0.717) is 10.9 Å². The molecule has 0 unspecified atom stereocenters. The van der Waals surface area contributed by atoms with Crippen LogP contribution in [-0.4, -0.2) is 36.2 Å². The number of hydrogen-bond acceptors (Lipinski definition) is 4. The topological polar surface area (TPSA) is 34.1 Å². The summed E-state index contributed by atoms with van der Waals surface area (Å²) in [7, 11) is 0. The van der Waals surface area contributed by atoms with Crippen molar-refractivity contribution in [3.8, 4) is 11.5 Å². The zero-order chi connectivity index (χ0) is 19.3. The largest absolute Gasteiger partial charge is 0.454 e. The van der Waals surface area contributed by atoms with Crippen LogP contribution in [0, 0.1) is 11.7 Å². The third kappa shape index (κ3) is 2.78. The van der Waals surface area contributed by atoms with Gasteiger partial charge < -0.3 is 14.4 Å². The second-order valence-corrected chi connectivity index (χ2v) is 8.33. The third-order valence-electron chi connectivity index (χ3n) is 5.62. The average molecular weight is 417 g/mol. The SMILES string of the molecule is CSC(=Nc1ccc2c(c1)OCO2)N1C[C@@H]2C=C[C@]2(c2ccc(F)cc2Cl)C1. The summed E-state index contributed by atoms with van der Waals surface area (Å²) in [6, 6.07) is 10.4. The lowest BCUT2D eigenvalue weighted by Crippen LogP contribution is -2.39. The molecule has 2 heterocycles. The van der Waals surface area contributed by atoms with Crippen molar-refractivity contribution in [1.29, 1.82) is 0 Å². The van der Waals surface area contributed by atoms with Gasteiger partial charge in [-0.15, -0.1) is 0 Å². The van der Waals surface area contributed by atoms with Crippen molar-refractivity contribution < 1.29 is 13.9 Å². The molecule has 2 aromatic carbocycles. The molecule has 1 aliphatic carbocycles. The van der Waals surface area contributed by atoms with Gasteiger partial charge in [0.1, 0.15) is 5.82 Å². The van der Waals surface area contributed by atoms with E-state index in [1.807, 2.05) is 30.5 Å². The molecule has 2 atom stereocenters. The summed E-state index contributed by atoms with van der Waals surface area (Å²) in [5, 5.41) is 1.42. The molecule has 3 aliphatic rings. The van der Waals surface area contributed by atoms with Gasteiger partial charge in [0.25, 0.3) is 0 Å². The molecule has 4 nitrogen and oxygen atoms in total. The molecule has 1 fully saturated rings. The van der Waals surface area contributed by atoms with Crippen molar-refractivity contribution in [3.05, 3.63) is 65.0 Å². The zero-order valence-electron chi connectivity index (χ0n) is 15.2. The van der Waals surface area contributed by atoms with Gasteiger partial charge in [0.15, 0.2) is 16.7 Å². The third-order valence-corrected chi connectivity index (χ3v) is 6.65. The van der Waals surface area contributed by atoms with Gasteiger partial charge in [-0.2, -0.15) is 0 Å². The number of hydrogen-bond donors (Lipinski definition) is 0. The van der Waals surface area contributed by atoms with E-state index >= 15 is 0 Å². The van der Waals surface area contributed by atoms with Crippen LogP contribution in [0.1, 0.15) is 5.56 Å². The lowest BCUT2D eigenvalue weighted by atomic mass is 9.65. The number of amidine groups is 1. The lowest BCUT2D eigenvalue weighted by molar-refractivity contribution is 0.174. The minimum atomic E-state index is -0.311. The summed E-state index contributed by atoms with van der Waals surface area (Å²) < 4.78 is 24.3. The Labute approximate surface area is 172 Å². The monoisotopic (exact) mass is 416 g/mol. The molecule has 0 aromatic heterocycles. The van der Waals surface area contributed by atoms with E-state index in [4.69, 9.17) is 26.1 Å². The van der Waals surface area contributed by atoms with Crippen molar-refractivity contribution in [2.75, 3.05) is 26.1 Å². The molecule has 0 bridgehead atoms. The first-order valence-corrected chi connectivity index (χ1v) is 10.6. The van der Waals surface area contributed by atoms with Crippen LogP contribution in [0.25, 0.3) is 0 Å². The fraction of sp³-hybridized carbons (Fsp3) is 0.286. The predicted octanol–water partition coefficient (Wildman–Crippen LogP) is 5.00. The Balaban J connectivity index is 1.44. The summed E-state index contributed by atoms with van der Waals surface area (Å²) in [6.45, 7) is 1.87. The van der Waals surface area contributed by atoms with Crippen LogP contribution in [0.3, 0.4) is 0 Å². The first-order chi connectivity index (χ1) is 13.6. The number of ether oxygens (including phenoxy) is 2. The molecular formula is C21H18ClFN2O2S. The second-order valence-electron chi connectivity index (χ2n) is 7.15. The highest BCUT2D eigenvalue weighted by atomic mass is 35.5. The number of aliphatic imine (C=N–C) groups is 1. The summed E-state index contributed by atoms with van der Waals surface area (Å²) in [5.74, 6) is 1.50. The summed E-state index contributed by atoms with van der Waals surface area (Å²) in [6.07, 6.45) is 6.42. The fourth-order valence-corrected chi connectivity index (χ4v) is 5.11. The maximum atomic E-state index is 13.5. The average Bonchev–Trinajstić information content (AvgIpc) is 3.23. The van der Waals surface area contributed by atoms with Crippen LogP contribution in [0.15, 0.2) is 53.5 Å². The van der Waals surface area contributed by atoms with Gasteiger partial charge in [-0.25, -0.2) is 9.38 Å². The molecule has 0 N–H and O–H groups in total. The molecule has 144 valence electrons. The molecule has 1 saturated heterocycles. The lowest BCUT2D eigenvalue weighted by Gasteiger charge is -2.38. The fourth-order valence-electron chi connectivity index (χ4n) is 4.17. The van der Waals surface area contributed by atoms with Gasteiger partial charge in [0, 0.05) is 35.5 Å². The van der Waals surface area contributed by atoms with E-state index in [0.717, 1.165) is 41.0 Å². The summed E-state index contributed by atoms with van der Waals surface area (Å²) in [5.41, 5.74) is 1.62. The Morgan fingerprint density at radius 1 is 1.25 bits per heavy atom. The van der Waals surface area contributed by atoms with Crippen molar-refractivity contribution in [3.63, 3.8) is 0 Å². The number of likely N-dealkylation sites (tertiary alicyclic amines) is 1. The molecule has 0 amide bonds. The van der Waals surface area contributed by atoms with Crippen LogP contribution >= 0.6 is 23.4 Å². The number of thioether (sulfide) groups is 1. The zero-order valence-corrected chi connectivity index (χ0v) is 16.8. The van der Waals surface area contributed by atoms with E-state index in [2.05, 4.69) is 17.1 Å². The molecule has 28 heavy (non-hydrogen) atoms. The molecule has 0 spiro atoms. The van der Waals surface area contributed by atoms with Crippen LogP contribution in [0.4, 0.5) is 10.1 Å². The van der Waals surface area contributed by atoms with Gasteiger partial charge in [0.05, 0.1) is 5.69 Å². The molecule has 2 aliphatic heterocycles. The number of fused-ring (bicyclic) bond motifs is 2. The number of rotatable bonds is 2. The Hall–Kier alpha value is -2.18. The van der Waals surface area contributed by atoms with E-state index in [1.165, 1.54) is 12.1 Å². The van der Waals surface area contributed by atoms with Crippen LogP contribution in [0.5, 0.6) is 11.5 Å². The van der Waals surface area contributed by atoms with Gasteiger partial charge in [-0.05, 0) is 36.1 Å². The minimum absolute atomic E-state index is 0.184. The van der Waals surface area contributed by atoms with Gasteiger partial charge >= 0.3 is 0 Å². The first-order valence-electron chi connectivity index (χ1n) is 9.01. The van der Waals surface area contributed by atoms with Gasteiger partial charge in [-0.1, -0.05) is 41.6 Å². The van der Waals surface area contributed by atoms with Crippen LogP contribution < -0.4 is 9.47 Å². The van der Waals surface area contributed by atoms with E-state index < -0.39 is 0 Å². The summed E-state index contributed by atoms with van der Waals surface area (Å²) >= 11 is 8.00. The van der Waals surface area contributed by atoms with E-state index in [-0.39, 0.29) is 18.0 Å². The van der Waals surface area contributed by atoms with Crippen LogP contribution in [0.2, 0.25) is 5.02 Å². The Morgan fingerprint density at radius 3 is 2.86 bits per heavy atom. The Morgan fingerprint density at radius 2 is 2.11 bits per heavy atom. The maximum Gasteiger partial charge on any atom is 0.231 e. The molecule has 2 aromatic rings. The quantitative estimate of drug-likeness (QED) is 0.392. The second kappa shape index (κ2) is 6.71. The standard InChI is InChI=1S/C21H18ClFN2O2S/c1-28-20(24-15-3-5-18-19(9-15)27-12-26-18)25-10-13-6-7-21(13,11-25)16-4-2-14(23)8-17(16)22/h2-9,13H,10-12H2,1H3/t13-,21-/m0/s1. The van der Waals surface area contributed by atoms with E-state index in [1.54, 1.807) is 11.8 Å². The minimum Gasteiger partial charge on any atom is -0.454 e. The summed E-state index contributed by atoms with van der Waals surface area (Å²) in [4.78, 5) is 7.12. The van der Waals surface area contributed by atoms with Crippen LogP contribution in [-0.2, 0) is 5.41 Å². The normalized spacial score (nSPS) is 25.0. The van der Waals surface area contributed by atoms with Crippen molar-refractivity contribution >= 4 is 34.2 Å². The van der Waals surface area contributed by atoms with Gasteiger partial charge in [0.2, 0.25) is 6.79 Å². The molecule has 7 heteroatoms. The number of benzene rings is 2. The van der Waals surface area contributed by atoms with E-state index in [9.17, 15) is 4.39 Å². The Kier molecular flexibility index (Phi) is 4.29. The molecule has 0 radical (unpaired) electrons. The van der Waals surface area contributed by atoms with Crippen molar-refractivity contribution in [2.24, 2.45) is 10.9 Å².